The monoisotopic (exact) mass is 434 g/mol. The van der Waals surface area contributed by atoms with Crippen LogP contribution >= 0.6 is 11.3 Å². The highest BCUT2D eigenvalue weighted by atomic mass is 32.1. The maximum absolute atomic E-state index is 12.9. The fraction of sp³-hybridized carbons (Fsp3) is 0.200. The summed E-state index contributed by atoms with van der Waals surface area (Å²) < 4.78 is 5.36. The fourth-order valence-corrected chi connectivity index (χ4v) is 3.72. The molecule has 2 amide bonds. The second-order valence-electron chi connectivity index (χ2n) is 7.14. The first kappa shape index (κ1) is 22.3. The number of amides is 2. The lowest BCUT2D eigenvalue weighted by atomic mass is 10.1. The molecule has 3 rings (SSSR count). The molecule has 1 aromatic heterocycles. The van der Waals surface area contributed by atoms with Gasteiger partial charge in [-0.3, -0.25) is 9.59 Å². The predicted molar refractivity (Wildman–Crippen MR) is 125 cm³/mol. The Kier molecular flexibility index (Phi) is 7.62. The summed E-state index contributed by atoms with van der Waals surface area (Å²) in [5.74, 6) is 0.139. The van der Waals surface area contributed by atoms with Crippen LogP contribution in [-0.2, 0) is 11.2 Å². The van der Waals surface area contributed by atoms with Crippen molar-refractivity contribution in [3.63, 3.8) is 0 Å². The summed E-state index contributed by atoms with van der Waals surface area (Å²) in [4.78, 5) is 26.6. The molecule has 0 aliphatic carbocycles. The first-order chi connectivity index (χ1) is 15.0. The van der Waals surface area contributed by atoms with Crippen LogP contribution in [0.15, 0.2) is 65.7 Å². The number of methoxy groups -OCH3 is 1. The van der Waals surface area contributed by atoms with E-state index in [1.54, 1.807) is 19.3 Å². The van der Waals surface area contributed by atoms with E-state index in [0.717, 1.165) is 27.3 Å². The molecule has 2 aromatic carbocycles. The third kappa shape index (κ3) is 6.06. The van der Waals surface area contributed by atoms with E-state index in [9.17, 15) is 9.59 Å². The number of hydrogen-bond donors (Lipinski definition) is 2. The second kappa shape index (κ2) is 10.6. The molecule has 0 aliphatic heterocycles. The minimum absolute atomic E-state index is 0.214. The Balaban J connectivity index is 1.71. The molecule has 160 valence electrons. The zero-order valence-electron chi connectivity index (χ0n) is 17.9. The van der Waals surface area contributed by atoms with E-state index < -0.39 is 0 Å². The van der Waals surface area contributed by atoms with Crippen molar-refractivity contribution < 1.29 is 14.3 Å². The lowest BCUT2D eigenvalue weighted by Gasteiger charge is -2.12. The minimum atomic E-state index is -0.333. The lowest BCUT2D eigenvalue weighted by Crippen LogP contribution is -2.35. The van der Waals surface area contributed by atoms with Crippen molar-refractivity contribution in [2.75, 3.05) is 13.7 Å². The quantitative estimate of drug-likeness (QED) is 0.513. The number of para-hydroxylation sites is 1. The van der Waals surface area contributed by atoms with E-state index in [-0.39, 0.29) is 17.5 Å². The third-order valence-electron chi connectivity index (χ3n) is 4.96. The van der Waals surface area contributed by atoms with Crippen LogP contribution in [0.4, 0.5) is 0 Å². The van der Waals surface area contributed by atoms with Crippen molar-refractivity contribution in [2.24, 2.45) is 0 Å². The standard InChI is InChI=1S/C25H26N2O3S/c1-17-10-11-20(15-18(17)2)24(28)27-22(16-21-8-6-14-31-21)25(29)26-13-12-19-7-4-5-9-23(19)30-3/h4-11,14-16H,12-13H2,1-3H3,(H,26,29)(H,27,28)/b22-16+. The molecule has 3 aromatic rings. The van der Waals surface area contributed by atoms with Crippen molar-refractivity contribution in [2.45, 2.75) is 20.3 Å². The molecule has 0 saturated heterocycles. The molecule has 0 atom stereocenters. The average Bonchev–Trinajstić information content (AvgIpc) is 3.28. The smallest absolute Gasteiger partial charge is 0.267 e. The molecular weight excluding hydrogens is 408 g/mol. The summed E-state index contributed by atoms with van der Waals surface area (Å²) in [7, 11) is 1.63. The van der Waals surface area contributed by atoms with E-state index >= 15 is 0 Å². The average molecular weight is 435 g/mol. The van der Waals surface area contributed by atoms with Gasteiger partial charge in [0.15, 0.2) is 0 Å². The molecule has 0 bridgehead atoms. The van der Waals surface area contributed by atoms with Crippen LogP contribution in [0.2, 0.25) is 0 Å². The van der Waals surface area contributed by atoms with Gasteiger partial charge in [0.05, 0.1) is 7.11 Å². The number of benzene rings is 2. The lowest BCUT2D eigenvalue weighted by molar-refractivity contribution is -0.117. The number of ether oxygens (including phenoxy) is 1. The Labute approximate surface area is 186 Å². The Morgan fingerprint density at radius 2 is 1.84 bits per heavy atom. The van der Waals surface area contributed by atoms with Crippen LogP contribution in [0.5, 0.6) is 5.75 Å². The van der Waals surface area contributed by atoms with Gasteiger partial charge in [-0.25, -0.2) is 0 Å². The first-order valence-electron chi connectivity index (χ1n) is 10.0. The molecule has 0 saturated carbocycles. The van der Waals surface area contributed by atoms with Crippen molar-refractivity contribution in [3.05, 3.63) is 92.8 Å². The minimum Gasteiger partial charge on any atom is -0.496 e. The largest absolute Gasteiger partial charge is 0.496 e. The van der Waals surface area contributed by atoms with E-state index in [4.69, 9.17) is 4.74 Å². The summed E-state index contributed by atoms with van der Waals surface area (Å²) >= 11 is 1.50. The van der Waals surface area contributed by atoms with E-state index in [2.05, 4.69) is 10.6 Å². The molecule has 0 fully saturated rings. The van der Waals surface area contributed by atoms with E-state index in [1.165, 1.54) is 11.3 Å². The summed E-state index contributed by atoms with van der Waals surface area (Å²) in [5.41, 5.74) is 3.87. The van der Waals surface area contributed by atoms with Crippen LogP contribution < -0.4 is 15.4 Å². The number of hydrogen-bond acceptors (Lipinski definition) is 4. The highest BCUT2D eigenvalue weighted by Gasteiger charge is 2.15. The van der Waals surface area contributed by atoms with E-state index in [1.807, 2.05) is 67.8 Å². The molecule has 0 spiro atoms. The van der Waals surface area contributed by atoms with Gasteiger partial charge >= 0.3 is 0 Å². The van der Waals surface area contributed by atoms with Crippen LogP contribution in [0, 0.1) is 13.8 Å². The van der Waals surface area contributed by atoms with Crippen LogP contribution in [-0.4, -0.2) is 25.5 Å². The highest BCUT2D eigenvalue weighted by Crippen LogP contribution is 2.18. The third-order valence-corrected chi connectivity index (χ3v) is 5.78. The summed E-state index contributed by atoms with van der Waals surface area (Å²) in [6, 6.07) is 17.0. The van der Waals surface area contributed by atoms with Gasteiger partial charge in [0, 0.05) is 17.0 Å². The van der Waals surface area contributed by atoms with Gasteiger partial charge in [-0.05, 0) is 72.7 Å². The maximum atomic E-state index is 12.9. The Hall–Kier alpha value is -3.38. The Morgan fingerprint density at radius 3 is 2.55 bits per heavy atom. The first-order valence-corrected chi connectivity index (χ1v) is 10.9. The zero-order chi connectivity index (χ0) is 22.2. The van der Waals surface area contributed by atoms with Gasteiger partial charge in [0.1, 0.15) is 11.4 Å². The number of nitrogens with one attached hydrogen (secondary N) is 2. The fourth-order valence-electron chi connectivity index (χ4n) is 3.07. The molecule has 5 nitrogen and oxygen atoms in total. The van der Waals surface area contributed by atoms with Gasteiger partial charge in [0.2, 0.25) is 0 Å². The zero-order valence-corrected chi connectivity index (χ0v) is 18.7. The summed E-state index contributed by atoms with van der Waals surface area (Å²) in [6.07, 6.45) is 2.31. The molecule has 0 unspecified atom stereocenters. The number of carbonyl (C=O) groups excluding carboxylic acids is 2. The summed E-state index contributed by atoms with van der Waals surface area (Å²) in [5, 5.41) is 7.61. The number of carbonyl (C=O) groups is 2. The number of thiophene rings is 1. The van der Waals surface area contributed by atoms with Crippen molar-refractivity contribution in [1.29, 1.82) is 0 Å². The van der Waals surface area contributed by atoms with Crippen molar-refractivity contribution >= 4 is 29.2 Å². The highest BCUT2D eigenvalue weighted by molar-refractivity contribution is 7.10. The summed E-state index contributed by atoms with van der Waals surface area (Å²) in [6.45, 7) is 4.37. The van der Waals surface area contributed by atoms with Crippen molar-refractivity contribution in [3.8, 4) is 5.75 Å². The van der Waals surface area contributed by atoms with Gasteiger partial charge in [-0.15, -0.1) is 11.3 Å². The molecule has 0 aliphatic rings. The van der Waals surface area contributed by atoms with Crippen molar-refractivity contribution in [1.82, 2.24) is 10.6 Å². The van der Waals surface area contributed by atoms with Gasteiger partial charge in [-0.1, -0.05) is 30.3 Å². The molecule has 2 N–H and O–H groups in total. The molecule has 6 heteroatoms. The van der Waals surface area contributed by atoms with Crippen LogP contribution in [0.3, 0.4) is 0 Å². The van der Waals surface area contributed by atoms with Gasteiger partial charge in [0.25, 0.3) is 11.8 Å². The Morgan fingerprint density at radius 1 is 1.03 bits per heavy atom. The maximum Gasteiger partial charge on any atom is 0.267 e. The second-order valence-corrected chi connectivity index (χ2v) is 8.12. The molecule has 0 radical (unpaired) electrons. The normalized spacial score (nSPS) is 11.1. The van der Waals surface area contributed by atoms with Crippen LogP contribution in [0.1, 0.15) is 31.9 Å². The number of rotatable bonds is 8. The van der Waals surface area contributed by atoms with Gasteiger partial charge < -0.3 is 15.4 Å². The molecular formula is C25H26N2O3S. The molecule has 31 heavy (non-hydrogen) atoms. The Bertz CT molecular complexity index is 1090. The van der Waals surface area contributed by atoms with Gasteiger partial charge in [-0.2, -0.15) is 0 Å². The topological polar surface area (TPSA) is 67.4 Å². The van der Waals surface area contributed by atoms with Crippen LogP contribution in [0.25, 0.3) is 6.08 Å². The molecule has 1 heterocycles. The number of aryl methyl sites for hydroxylation is 2. The predicted octanol–water partition coefficient (Wildman–Crippen LogP) is 4.50. The van der Waals surface area contributed by atoms with E-state index in [0.29, 0.717) is 18.5 Å². The SMILES string of the molecule is COc1ccccc1CCNC(=O)/C(=C\c1cccs1)NC(=O)c1ccc(C)c(C)c1.